The highest BCUT2D eigenvalue weighted by molar-refractivity contribution is 7.10. The second-order valence-electron chi connectivity index (χ2n) is 3.30. The summed E-state index contributed by atoms with van der Waals surface area (Å²) in [6.45, 7) is 0.420. The van der Waals surface area contributed by atoms with Crippen LogP contribution in [0.1, 0.15) is 4.88 Å². The Bertz CT molecular complexity index is 539. The molecule has 1 aromatic heterocycles. The van der Waals surface area contributed by atoms with Crippen molar-refractivity contribution < 1.29 is 0 Å². The molecule has 0 aliphatic rings. The number of thiophene rings is 1. The summed E-state index contributed by atoms with van der Waals surface area (Å²) < 4.78 is 0. The predicted molar refractivity (Wildman–Crippen MR) is 77.7 cm³/mol. The molecule has 17 heavy (non-hydrogen) atoms. The van der Waals surface area contributed by atoms with Crippen LogP contribution in [0.25, 0.3) is 11.1 Å². The molecule has 2 rings (SSSR count). The molecule has 0 radical (unpaired) electrons. The summed E-state index contributed by atoms with van der Waals surface area (Å²) in [6.07, 6.45) is 0. The maximum absolute atomic E-state index is 6.18. The van der Waals surface area contributed by atoms with Crippen molar-refractivity contribution in [2.75, 3.05) is 0 Å². The van der Waals surface area contributed by atoms with Crippen LogP contribution in [-0.4, -0.2) is 0 Å². The molecule has 0 atom stereocenters. The van der Waals surface area contributed by atoms with Crippen molar-refractivity contribution in [3.8, 4) is 11.1 Å². The van der Waals surface area contributed by atoms with Crippen LogP contribution >= 0.6 is 57.7 Å². The van der Waals surface area contributed by atoms with E-state index in [4.69, 9.17) is 52.1 Å². The minimum absolute atomic E-state index is 0.380. The molecule has 2 N–H and O–H groups in total. The summed E-state index contributed by atoms with van der Waals surface area (Å²) >= 11 is 25.9. The molecular formula is C11H7Cl4NS. The van der Waals surface area contributed by atoms with Crippen molar-refractivity contribution >= 4 is 57.7 Å². The van der Waals surface area contributed by atoms with Gasteiger partial charge in [0.25, 0.3) is 0 Å². The highest BCUT2D eigenvalue weighted by Gasteiger charge is 2.18. The number of halogens is 4. The summed E-state index contributed by atoms with van der Waals surface area (Å²) in [5.74, 6) is 0. The van der Waals surface area contributed by atoms with Gasteiger partial charge in [-0.05, 0) is 23.1 Å². The Morgan fingerprint density at radius 3 is 2.18 bits per heavy atom. The largest absolute Gasteiger partial charge is 0.326 e. The zero-order valence-electron chi connectivity index (χ0n) is 8.44. The van der Waals surface area contributed by atoms with E-state index in [2.05, 4.69) is 0 Å². The number of nitrogens with two attached hydrogens (primary N) is 1. The Kier molecular flexibility index (Phi) is 4.24. The lowest BCUT2D eigenvalue weighted by Gasteiger charge is -2.10. The minimum atomic E-state index is 0.380. The maximum Gasteiger partial charge on any atom is 0.0687 e. The summed E-state index contributed by atoms with van der Waals surface area (Å²) in [6, 6.07) is 3.44. The first-order valence-corrected chi connectivity index (χ1v) is 7.05. The third-order valence-corrected chi connectivity index (χ3v) is 4.83. The van der Waals surface area contributed by atoms with Crippen LogP contribution in [0.4, 0.5) is 0 Å². The number of hydrogen-bond donors (Lipinski definition) is 1. The van der Waals surface area contributed by atoms with Crippen LogP contribution in [-0.2, 0) is 6.54 Å². The summed E-state index contributed by atoms with van der Waals surface area (Å²) in [7, 11) is 0. The average molecular weight is 327 g/mol. The van der Waals surface area contributed by atoms with Gasteiger partial charge in [0.15, 0.2) is 0 Å². The molecule has 2 aromatic rings. The highest BCUT2D eigenvalue weighted by atomic mass is 35.5. The normalized spacial score (nSPS) is 10.9. The van der Waals surface area contributed by atoms with E-state index in [9.17, 15) is 0 Å². The fraction of sp³-hybridized carbons (Fsp3) is 0.0909. The Labute approximate surface area is 123 Å². The monoisotopic (exact) mass is 325 g/mol. The minimum Gasteiger partial charge on any atom is -0.326 e. The van der Waals surface area contributed by atoms with Gasteiger partial charge in [-0.25, -0.2) is 0 Å². The van der Waals surface area contributed by atoms with Gasteiger partial charge < -0.3 is 5.73 Å². The fourth-order valence-corrected chi connectivity index (χ4v) is 3.31. The Morgan fingerprint density at radius 2 is 1.65 bits per heavy atom. The van der Waals surface area contributed by atoms with Gasteiger partial charge in [0.05, 0.1) is 20.1 Å². The van der Waals surface area contributed by atoms with Crippen LogP contribution in [0.15, 0.2) is 17.5 Å². The molecule has 1 aromatic carbocycles. The smallest absolute Gasteiger partial charge is 0.0687 e. The molecular weight excluding hydrogens is 320 g/mol. The molecule has 0 fully saturated rings. The van der Waals surface area contributed by atoms with Gasteiger partial charge in [-0.15, -0.1) is 11.3 Å². The van der Waals surface area contributed by atoms with E-state index >= 15 is 0 Å². The second-order valence-corrected chi connectivity index (χ2v) is 5.88. The summed E-state index contributed by atoms with van der Waals surface area (Å²) in [5, 5.41) is 3.48. The average Bonchev–Trinajstić information content (AvgIpc) is 2.75. The Balaban J connectivity index is 2.75. The number of rotatable bonds is 2. The molecule has 0 bridgehead atoms. The third-order valence-electron chi connectivity index (χ3n) is 2.31. The van der Waals surface area contributed by atoms with Crippen LogP contribution in [0.3, 0.4) is 0 Å². The van der Waals surface area contributed by atoms with Crippen LogP contribution in [0, 0.1) is 0 Å². The quantitative estimate of drug-likeness (QED) is 0.726. The van der Waals surface area contributed by atoms with Crippen molar-refractivity contribution in [3.63, 3.8) is 0 Å². The van der Waals surface area contributed by atoms with Crippen molar-refractivity contribution in [1.82, 2.24) is 0 Å². The number of benzene rings is 1. The zero-order valence-corrected chi connectivity index (χ0v) is 12.3. The summed E-state index contributed by atoms with van der Waals surface area (Å²) in [5.41, 5.74) is 7.20. The van der Waals surface area contributed by atoms with E-state index in [0.717, 1.165) is 10.4 Å². The molecule has 0 aliphatic carbocycles. The van der Waals surface area contributed by atoms with E-state index in [1.807, 2.05) is 11.4 Å². The lowest BCUT2D eigenvalue weighted by molar-refractivity contribution is 1.11. The van der Waals surface area contributed by atoms with Crippen molar-refractivity contribution in [2.45, 2.75) is 6.54 Å². The van der Waals surface area contributed by atoms with E-state index in [0.29, 0.717) is 32.2 Å². The molecule has 1 nitrogen and oxygen atoms in total. The molecule has 0 amide bonds. The van der Waals surface area contributed by atoms with Gasteiger partial charge in [0, 0.05) is 17.0 Å². The lowest BCUT2D eigenvalue weighted by Crippen LogP contribution is -1.95. The van der Waals surface area contributed by atoms with Gasteiger partial charge in [-0.2, -0.15) is 0 Å². The fourth-order valence-electron chi connectivity index (χ4n) is 1.53. The zero-order chi connectivity index (χ0) is 12.6. The molecule has 0 saturated heterocycles. The van der Waals surface area contributed by atoms with E-state index < -0.39 is 0 Å². The first-order chi connectivity index (χ1) is 8.06. The molecule has 0 spiro atoms. The van der Waals surface area contributed by atoms with Gasteiger partial charge in [-0.1, -0.05) is 46.4 Å². The van der Waals surface area contributed by atoms with E-state index in [1.165, 1.54) is 6.07 Å². The highest BCUT2D eigenvalue weighted by Crippen LogP contribution is 2.45. The molecule has 1 heterocycles. The van der Waals surface area contributed by atoms with E-state index in [1.54, 1.807) is 11.3 Å². The van der Waals surface area contributed by atoms with Crippen LogP contribution < -0.4 is 5.73 Å². The summed E-state index contributed by atoms with van der Waals surface area (Å²) in [4.78, 5) is 0.993. The van der Waals surface area contributed by atoms with Crippen LogP contribution in [0.2, 0.25) is 20.1 Å². The first-order valence-electron chi connectivity index (χ1n) is 4.66. The maximum atomic E-state index is 6.18. The van der Waals surface area contributed by atoms with Gasteiger partial charge in [0.1, 0.15) is 0 Å². The molecule has 6 heteroatoms. The second kappa shape index (κ2) is 5.35. The standard InChI is InChI=1S/C11H7Cl4NS/c12-6-3-7(13)11(15)9(10(6)14)5-1-2-17-8(5)4-16/h1-3H,4,16H2. The Morgan fingerprint density at radius 1 is 1.06 bits per heavy atom. The third kappa shape index (κ3) is 2.43. The molecule has 0 aliphatic heterocycles. The van der Waals surface area contributed by atoms with Crippen molar-refractivity contribution in [1.29, 1.82) is 0 Å². The molecule has 0 saturated carbocycles. The van der Waals surface area contributed by atoms with Crippen LogP contribution in [0.5, 0.6) is 0 Å². The van der Waals surface area contributed by atoms with Crippen molar-refractivity contribution in [2.24, 2.45) is 5.73 Å². The predicted octanol–water partition coefficient (Wildman–Crippen LogP) is 5.49. The first kappa shape index (κ1) is 13.5. The SMILES string of the molecule is NCc1sccc1-c1c(Cl)c(Cl)cc(Cl)c1Cl. The molecule has 90 valence electrons. The van der Waals surface area contributed by atoms with Crippen molar-refractivity contribution in [3.05, 3.63) is 42.5 Å². The van der Waals surface area contributed by atoms with Gasteiger partial charge in [0.2, 0.25) is 0 Å². The number of hydrogen-bond acceptors (Lipinski definition) is 2. The van der Waals surface area contributed by atoms with Gasteiger partial charge >= 0.3 is 0 Å². The molecule has 0 unspecified atom stereocenters. The Hall–Kier alpha value is 0.0400. The van der Waals surface area contributed by atoms with Gasteiger partial charge in [-0.3, -0.25) is 0 Å². The topological polar surface area (TPSA) is 26.0 Å². The lowest BCUT2D eigenvalue weighted by atomic mass is 10.1. The van der Waals surface area contributed by atoms with E-state index in [-0.39, 0.29) is 0 Å².